The van der Waals surface area contributed by atoms with Crippen molar-refractivity contribution in [3.05, 3.63) is 29.3 Å². The monoisotopic (exact) mass is 272 g/mol. The summed E-state index contributed by atoms with van der Waals surface area (Å²) in [6, 6.07) is 4.67. The van der Waals surface area contributed by atoms with E-state index in [4.69, 9.17) is 10.4 Å². The van der Waals surface area contributed by atoms with Gasteiger partial charge < -0.3 is 10.4 Å². The molecule has 0 radical (unpaired) electrons. The second-order valence-electron chi connectivity index (χ2n) is 4.18. The van der Waals surface area contributed by atoms with E-state index in [1.54, 1.807) is 0 Å². The van der Waals surface area contributed by atoms with Crippen molar-refractivity contribution in [2.75, 3.05) is 11.9 Å². The zero-order valence-corrected chi connectivity index (χ0v) is 10.5. The number of nitrogens with one attached hydrogen (secondary N) is 1. The smallest absolute Gasteiger partial charge is 0.394 e. The van der Waals surface area contributed by atoms with Crippen LogP contribution in [0.3, 0.4) is 0 Å². The van der Waals surface area contributed by atoms with Crippen molar-refractivity contribution < 1.29 is 18.3 Å². The third-order valence-electron chi connectivity index (χ3n) is 2.67. The van der Waals surface area contributed by atoms with Crippen LogP contribution in [0.5, 0.6) is 0 Å². The summed E-state index contributed by atoms with van der Waals surface area (Å²) in [5, 5.41) is 20.6. The van der Waals surface area contributed by atoms with E-state index in [1.165, 1.54) is 12.1 Å². The summed E-state index contributed by atoms with van der Waals surface area (Å²) in [4.78, 5) is 0. The van der Waals surface area contributed by atoms with E-state index in [0.717, 1.165) is 18.6 Å². The van der Waals surface area contributed by atoms with Crippen LogP contribution in [0.4, 0.5) is 18.9 Å². The lowest BCUT2D eigenvalue weighted by atomic mass is 10.1. The molecule has 0 heterocycles. The number of anilines is 1. The third kappa shape index (κ3) is 4.14. The van der Waals surface area contributed by atoms with Gasteiger partial charge in [-0.25, -0.2) is 0 Å². The molecule has 2 N–H and O–H groups in total. The zero-order chi connectivity index (χ0) is 14.5. The molecule has 0 amide bonds. The van der Waals surface area contributed by atoms with Crippen molar-refractivity contribution in [3.8, 4) is 6.07 Å². The van der Waals surface area contributed by atoms with Crippen LogP contribution in [0, 0.1) is 11.3 Å². The van der Waals surface area contributed by atoms with Gasteiger partial charge in [-0.2, -0.15) is 18.4 Å². The van der Waals surface area contributed by atoms with E-state index in [1.807, 2.05) is 6.92 Å². The van der Waals surface area contributed by atoms with Gasteiger partial charge in [0.05, 0.1) is 23.8 Å². The molecule has 0 spiro atoms. The van der Waals surface area contributed by atoms with Crippen LogP contribution in [-0.2, 0) is 6.18 Å². The molecular formula is C13H15F3N2O. The molecule has 0 saturated carbocycles. The predicted octanol–water partition coefficient (Wildman–Crippen LogP) is 3.15. The summed E-state index contributed by atoms with van der Waals surface area (Å²) in [6.07, 6.45) is -3.11. The molecule has 1 aromatic rings. The van der Waals surface area contributed by atoms with Gasteiger partial charge in [-0.3, -0.25) is 0 Å². The number of nitriles is 1. The van der Waals surface area contributed by atoms with E-state index in [-0.39, 0.29) is 18.3 Å². The molecule has 0 aliphatic heterocycles. The van der Waals surface area contributed by atoms with Gasteiger partial charge in [0.1, 0.15) is 0 Å². The SMILES string of the molecule is CCC[C@H](CO)Nc1ccc(C#N)c(C(F)(F)F)c1. The van der Waals surface area contributed by atoms with Crippen molar-refractivity contribution in [2.45, 2.75) is 32.0 Å². The van der Waals surface area contributed by atoms with Crippen molar-refractivity contribution in [1.29, 1.82) is 5.26 Å². The normalized spacial score (nSPS) is 12.8. The average molecular weight is 272 g/mol. The maximum atomic E-state index is 12.8. The molecule has 0 aliphatic rings. The highest BCUT2D eigenvalue weighted by molar-refractivity contribution is 5.53. The molecule has 1 atom stereocenters. The lowest BCUT2D eigenvalue weighted by Crippen LogP contribution is -2.23. The summed E-state index contributed by atoms with van der Waals surface area (Å²) in [5.41, 5.74) is -1.12. The molecule has 0 bridgehead atoms. The molecule has 1 aromatic carbocycles. The fourth-order valence-corrected chi connectivity index (χ4v) is 1.76. The van der Waals surface area contributed by atoms with Crippen LogP contribution in [0.15, 0.2) is 18.2 Å². The Morgan fingerprint density at radius 3 is 2.58 bits per heavy atom. The zero-order valence-electron chi connectivity index (χ0n) is 10.5. The largest absolute Gasteiger partial charge is 0.417 e. The van der Waals surface area contributed by atoms with Crippen LogP contribution < -0.4 is 5.32 Å². The molecule has 0 saturated heterocycles. The van der Waals surface area contributed by atoms with Crippen molar-refractivity contribution in [3.63, 3.8) is 0 Å². The van der Waals surface area contributed by atoms with Gasteiger partial charge in [-0.1, -0.05) is 13.3 Å². The second kappa shape index (κ2) is 6.43. The standard InChI is InChI=1S/C13H15F3N2O/c1-2-3-11(8-19)18-10-5-4-9(7-17)12(6-10)13(14,15)16/h4-6,11,18-19H,2-3,8H2,1H3/t11-/m1/s1. The summed E-state index contributed by atoms with van der Waals surface area (Å²) in [5.74, 6) is 0. The minimum absolute atomic E-state index is 0.158. The van der Waals surface area contributed by atoms with Crippen molar-refractivity contribution >= 4 is 5.69 Å². The predicted molar refractivity (Wildman–Crippen MR) is 65.6 cm³/mol. The number of alkyl halides is 3. The number of hydrogen-bond acceptors (Lipinski definition) is 3. The van der Waals surface area contributed by atoms with Crippen molar-refractivity contribution in [1.82, 2.24) is 0 Å². The van der Waals surface area contributed by atoms with Gasteiger partial charge in [0.15, 0.2) is 0 Å². The number of halogens is 3. The molecule has 0 fully saturated rings. The van der Waals surface area contributed by atoms with Gasteiger partial charge in [-0.15, -0.1) is 0 Å². The Morgan fingerprint density at radius 2 is 2.11 bits per heavy atom. The quantitative estimate of drug-likeness (QED) is 0.865. The Kier molecular flexibility index (Phi) is 5.19. The van der Waals surface area contributed by atoms with E-state index < -0.39 is 17.3 Å². The first kappa shape index (κ1) is 15.3. The molecule has 0 aromatic heterocycles. The lowest BCUT2D eigenvalue weighted by Gasteiger charge is -2.18. The Bertz CT molecular complexity index is 466. The Morgan fingerprint density at radius 1 is 1.42 bits per heavy atom. The molecule has 104 valence electrons. The number of hydrogen-bond donors (Lipinski definition) is 2. The molecule has 1 rings (SSSR count). The Balaban J connectivity index is 3.02. The Hall–Kier alpha value is -1.74. The van der Waals surface area contributed by atoms with Crippen LogP contribution in [-0.4, -0.2) is 17.8 Å². The van der Waals surface area contributed by atoms with Gasteiger partial charge in [0, 0.05) is 11.7 Å². The minimum Gasteiger partial charge on any atom is -0.394 e. The summed E-state index contributed by atoms with van der Waals surface area (Å²) in [6.45, 7) is 1.76. The van der Waals surface area contributed by atoms with Crippen molar-refractivity contribution in [2.24, 2.45) is 0 Å². The van der Waals surface area contributed by atoms with E-state index >= 15 is 0 Å². The minimum atomic E-state index is -4.57. The van der Waals surface area contributed by atoms with Gasteiger partial charge >= 0.3 is 6.18 Å². The molecular weight excluding hydrogens is 257 g/mol. The van der Waals surface area contributed by atoms with Gasteiger partial charge in [-0.05, 0) is 24.6 Å². The molecule has 0 aliphatic carbocycles. The van der Waals surface area contributed by atoms with E-state index in [2.05, 4.69) is 5.32 Å². The van der Waals surface area contributed by atoms with E-state index in [0.29, 0.717) is 6.42 Å². The highest BCUT2D eigenvalue weighted by Gasteiger charge is 2.33. The molecule has 0 unspecified atom stereocenters. The van der Waals surface area contributed by atoms with Crippen LogP contribution in [0.25, 0.3) is 0 Å². The first-order chi connectivity index (χ1) is 8.92. The molecule has 6 heteroatoms. The van der Waals surface area contributed by atoms with Crippen LogP contribution in [0.2, 0.25) is 0 Å². The van der Waals surface area contributed by atoms with Gasteiger partial charge in [0.25, 0.3) is 0 Å². The lowest BCUT2D eigenvalue weighted by molar-refractivity contribution is -0.137. The first-order valence-electron chi connectivity index (χ1n) is 5.91. The Labute approximate surface area is 109 Å². The van der Waals surface area contributed by atoms with E-state index in [9.17, 15) is 13.2 Å². The number of rotatable bonds is 5. The van der Waals surface area contributed by atoms with Crippen LogP contribution >= 0.6 is 0 Å². The summed E-state index contributed by atoms with van der Waals surface area (Å²) in [7, 11) is 0. The summed E-state index contributed by atoms with van der Waals surface area (Å²) >= 11 is 0. The molecule has 19 heavy (non-hydrogen) atoms. The number of aliphatic hydroxyl groups is 1. The average Bonchev–Trinajstić information content (AvgIpc) is 2.37. The maximum Gasteiger partial charge on any atom is 0.417 e. The fourth-order valence-electron chi connectivity index (χ4n) is 1.76. The fraction of sp³-hybridized carbons (Fsp3) is 0.462. The summed E-state index contributed by atoms with van der Waals surface area (Å²) < 4.78 is 38.3. The number of benzene rings is 1. The van der Waals surface area contributed by atoms with Crippen LogP contribution in [0.1, 0.15) is 30.9 Å². The second-order valence-corrected chi connectivity index (χ2v) is 4.18. The van der Waals surface area contributed by atoms with Gasteiger partial charge in [0.2, 0.25) is 0 Å². The third-order valence-corrected chi connectivity index (χ3v) is 2.67. The number of nitrogens with zero attached hydrogens (tertiary/aromatic N) is 1. The maximum absolute atomic E-state index is 12.8. The number of aliphatic hydroxyl groups excluding tert-OH is 1. The first-order valence-corrected chi connectivity index (χ1v) is 5.91. The molecule has 3 nitrogen and oxygen atoms in total. The topological polar surface area (TPSA) is 56.0 Å². The highest BCUT2D eigenvalue weighted by atomic mass is 19.4. The highest BCUT2D eigenvalue weighted by Crippen LogP contribution is 2.33.